The summed E-state index contributed by atoms with van der Waals surface area (Å²) in [5, 5.41) is 12.9. The van der Waals surface area contributed by atoms with E-state index in [9.17, 15) is 18.3 Å². The van der Waals surface area contributed by atoms with Gasteiger partial charge in [0.2, 0.25) is 0 Å². The number of aromatic nitrogens is 1. The number of fused-ring (bicyclic) bond motifs is 1. The summed E-state index contributed by atoms with van der Waals surface area (Å²) < 4.78 is 28.2. The highest BCUT2D eigenvalue weighted by molar-refractivity contribution is 7.98. The largest absolute Gasteiger partial charge is 0.394 e. The molecule has 0 saturated heterocycles. The van der Waals surface area contributed by atoms with Gasteiger partial charge in [-0.05, 0) is 60.9 Å². The quantitative estimate of drug-likeness (QED) is 0.427. The third-order valence-corrected chi connectivity index (χ3v) is 7.54. The van der Waals surface area contributed by atoms with Crippen molar-refractivity contribution in [2.75, 3.05) is 23.3 Å². The minimum atomic E-state index is -3.80. The molecule has 1 aromatic heterocycles. The van der Waals surface area contributed by atoms with Gasteiger partial charge in [-0.3, -0.25) is 9.52 Å². The van der Waals surface area contributed by atoms with Crippen LogP contribution in [0.3, 0.4) is 0 Å². The lowest BCUT2D eigenvalue weighted by molar-refractivity contribution is 0.0915. The van der Waals surface area contributed by atoms with Crippen molar-refractivity contribution in [2.45, 2.75) is 17.4 Å². The summed E-state index contributed by atoms with van der Waals surface area (Å²) >= 11 is 8.58. The Hall–Kier alpha value is -1.85. The second-order valence-electron chi connectivity index (χ2n) is 6.40. The lowest BCUT2D eigenvalue weighted by Gasteiger charge is -2.15. The Morgan fingerprint density at radius 3 is 2.67 bits per heavy atom. The van der Waals surface area contributed by atoms with E-state index >= 15 is 0 Å². The number of benzene rings is 2. The van der Waals surface area contributed by atoms with E-state index in [1.807, 2.05) is 6.26 Å². The van der Waals surface area contributed by atoms with Crippen molar-refractivity contribution < 1.29 is 18.3 Å². The van der Waals surface area contributed by atoms with Gasteiger partial charge in [-0.25, -0.2) is 13.4 Å². The molecule has 0 aliphatic rings. The van der Waals surface area contributed by atoms with Gasteiger partial charge in [0.15, 0.2) is 5.13 Å². The molecule has 0 aliphatic heterocycles. The Labute approximate surface area is 187 Å². The summed E-state index contributed by atoms with van der Waals surface area (Å²) in [5.41, 5.74) is 0.993. The van der Waals surface area contributed by atoms with Crippen molar-refractivity contribution in [3.8, 4) is 0 Å². The zero-order chi connectivity index (χ0) is 21.7. The van der Waals surface area contributed by atoms with E-state index in [0.717, 1.165) is 17.1 Å². The zero-order valence-electron chi connectivity index (χ0n) is 16.0. The first-order valence-corrected chi connectivity index (χ1v) is 13.0. The number of aliphatic hydroxyl groups is 1. The molecule has 0 bridgehead atoms. The fourth-order valence-corrected chi connectivity index (χ4v) is 5.42. The molecule has 2 aromatic carbocycles. The Bertz CT molecular complexity index is 1130. The number of amides is 1. The van der Waals surface area contributed by atoms with E-state index in [2.05, 4.69) is 15.0 Å². The summed E-state index contributed by atoms with van der Waals surface area (Å²) in [6, 6.07) is 10.4. The van der Waals surface area contributed by atoms with Crippen LogP contribution in [0.5, 0.6) is 0 Å². The summed E-state index contributed by atoms with van der Waals surface area (Å²) in [6.07, 6.45) is 2.63. The van der Waals surface area contributed by atoms with E-state index in [4.69, 9.17) is 11.6 Å². The van der Waals surface area contributed by atoms with Crippen LogP contribution in [-0.4, -0.2) is 49.1 Å². The van der Waals surface area contributed by atoms with Crippen LogP contribution in [0.2, 0.25) is 5.02 Å². The Morgan fingerprint density at radius 1 is 1.27 bits per heavy atom. The molecule has 3 rings (SSSR count). The highest BCUT2D eigenvalue weighted by Crippen LogP contribution is 2.29. The molecule has 0 spiro atoms. The van der Waals surface area contributed by atoms with Crippen LogP contribution >= 0.6 is 34.7 Å². The van der Waals surface area contributed by atoms with Gasteiger partial charge in [0.1, 0.15) is 0 Å². The highest BCUT2D eigenvalue weighted by atomic mass is 35.5. The number of nitrogens with one attached hydrogen (secondary N) is 2. The van der Waals surface area contributed by atoms with Crippen LogP contribution < -0.4 is 10.0 Å². The highest BCUT2D eigenvalue weighted by Gasteiger charge is 2.18. The van der Waals surface area contributed by atoms with Gasteiger partial charge in [0.25, 0.3) is 15.9 Å². The van der Waals surface area contributed by atoms with Crippen molar-refractivity contribution in [2.24, 2.45) is 0 Å². The number of hydrogen-bond donors (Lipinski definition) is 3. The van der Waals surface area contributed by atoms with Crippen molar-refractivity contribution in [1.82, 2.24) is 10.3 Å². The zero-order valence-corrected chi connectivity index (χ0v) is 19.2. The number of thiazole rings is 1. The lowest BCUT2D eigenvalue weighted by Crippen LogP contribution is -2.37. The number of anilines is 1. The monoisotopic (exact) mass is 485 g/mol. The van der Waals surface area contributed by atoms with Crippen LogP contribution in [0.15, 0.2) is 47.4 Å². The molecule has 0 radical (unpaired) electrons. The normalized spacial score (nSPS) is 12.6. The molecule has 1 atom stereocenters. The number of nitrogens with zero attached hydrogens (tertiary/aromatic N) is 1. The van der Waals surface area contributed by atoms with E-state index in [1.165, 1.54) is 24.3 Å². The summed E-state index contributed by atoms with van der Waals surface area (Å²) in [6.45, 7) is -0.133. The topological polar surface area (TPSA) is 108 Å². The number of thioether (sulfide) groups is 1. The second kappa shape index (κ2) is 9.97. The summed E-state index contributed by atoms with van der Waals surface area (Å²) in [4.78, 5) is 16.9. The van der Waals surface area contributed by atoms with Crippen LogP contribution in [0.25, 0.3) is 10.2 Å². The van der Waals surface area contributed by atoms with Gasteiger partial charge < -0.3 is 10.4 Å². The third kappa shape index (κ3) is 5.64. The van der Waals surface area contributed by atoms with E-state index in [-0.39, 0.29) is 28.6 Å². The molecule has 1 heterocycles. The molecule has 0 fully saturated rings. The van der Waals surface area contributed by atoms with Crippen LogP contribution in [0, 0.1) is 0 Å². The number of carbonyl (C=O) groups excluding carboxylic acids is 1. The molecule has 3 N–H and O–H groups in total. The Balaban J connectivity index is 1.77. The van der Waals surface area contributed by atoms with Crippen molar-refractivity contribution in [1.29, 1.82) is 0 Å². The molecule has 7 nitrogen and oxygen atoms in total. The first-order chi connectivity index (χ1) is 14.3. The van der Waals surface area contributed by atoms with Crippen LogP contribution in [0.1, 0.15) is 16.8 Å². The number of hydrogen-bond acceptors (Lipinski definition) is 7. The second-order valence-corrected chi connectivity index (χ2v) is 10.5. The van der Waals surface area contributed by atoms with Gasteiger partial charge >= 0.3 is 0 Å². The Morgan fingerprint density at radius 2 is 2.00 bits per heavy atom. The van der Waals surface area contributed by atoms with Gasteiger partial charge in [0, 0.05) is 10.6 Å². The molecule has 3 aromatic rings. The van der Waals surface area contributed by atoms with Crippen molar-refractivity contribution >= 4 is 66.0 Å². The van der Waals surface area contributed by atoms with Crippen molar-refractivity contribution in [3.05, 3.63) is 53.1 Å². The van der Waals surface area contributed by atoms with Gasteiger partial charge in [-0.2, -0.15) is 11.8 Å². The summed E-state index contributed by atoms with van der Waals surface area (Å²) in [5.74, 6) is 0.532. The van der Waals surface area contributed by atoms with E-state index < -0.39 is 10.0 Å². The number of carbonyl (C=O) groups is 1. The third-order valence-electron chi connectivity index (χ3n) is 4.22. The maximum absolute atomic E-state index is 12.5. The molecule has 11 heteroatoms. The fraction of sp³-hybridized carbons (Fsp3) is 0.263. The average molecular weight is 486 g/mol. The van der Waals surface area contributed by atoms with Gasteiger partial charge in [-0.15, -0.1) is 0 Å². The van der Waals surface area contributed by atoms with Crippen LogP contribution in [-0.2, 0) is 10.0 Å². The molecule has 30 heavy (non-hydrogen) atoms. The van der Waals surface area contributed by atoms with E-state index in [1.54, 1.807) is 30.0 Å². The molecule has 160 valence electrons. The van der Waals surface area contributed by atoms with Gasteiger partial charge in [0.05, 0.1) is 27.8 Å². The molecule has 1 amide bonds. The smallest absolute Gasteiger partial charge is 0.263 e. The summed E-state index contributed by atoms with van der Waals surface area (Å²) in [7, 11) is -3.80. The maximum Gasteiger partial charge on any atom is 0.263 e. The van der Waals surface area contributed by atoms with E-state index in [0.29, 0.717) is 27.2 Å². The minimum Gasteiger partial charge on any atom is -0.394 e. The number of rotatable bonds is 9. The van der Waals surface area contributed by atoms with Gasteiger partial charge in [-0.1, -0.05) is 22.9 Å². The minimum absolute atomic E-state index is 0.0755. The first kappa shape index (κ1) is 22.8. The lowest BCUT2D eigenvalue weighted by atomic mass is 10.1. The number of aliphatic hydroxyl groups excluding tert-OH is 1. The predicted molar refractivity (Wildman–Crippen MR) is 123 cm³/mol. The number of sulfonamides is 1. The molecule has 0 aliphatic carbocycles. The van der Waals surface area contributed by atoms with Crippen molar-refractivity contribution in [3.63, 3.8) is 0 Å². The standard InChI is InChI=1S/C19H20ClN3O4S3/c1-28-9-8-14(11-24)21-18(25)12-2-7-16-17(10-12)29-19(22-16)23-30(26,27)15-5-3-13(20)4-6-15/h2-7,10,14,24H,8-9,11H2,1H3,(H,21,25)(H,22,23)/t14-/m0/s1. The average Bonchev–Trinajstić information content (AvgIpc) is 3.11. The fourth-order valence-electron chi connectivity index (χ4n) is 2.64. The SMILES string of the molecule is CSCC[C@@H](CO)NC(=O)c1ccc2nc(NS(=O)(=O)c3ccc(Cl)cc3)sc2c1. The Kier molecular flexibility index (Phi) is 7.59. The molecule has 0 unspecified atom stereocenters. The maximum atomic E-state index is 12.5. The first-order valence-electron chi connectivity index (χ1n) is 8.92. The molecular formula is C19H20ClN3O4S3. The molecular weight excluding hydrogens is 466 g/mol. The van der Waals surface area contributed by atoms with Crippen LogP contribution in [0.4, 0.5) is 5.13 Å². The molecule has 0 saturated carbocycles. The number of halogens is 1. The predicted octanol–water partition coefficient (Wildman–Crippen LogP) is 3.59.